The molecule has 5 nitrogen and oxygen atoms in total. The summed E-state index contributed by atoms with van der Waals surface area (Å²) in [5.74, 6) is 3.28. The van der Waals surface area contributed by atoms with Crippen LogP contribution in [0.4, 0.5) is 4.79 Å². The molecule has 1 heterocycles. The summed E-state index contributed by atoms with van der Waals surface area (Å²) in [6.07, 6.45) is 8.90. The van der Waals surface area contributed by atoms with Gasteiger partial charge in [0.2, 0.25) is 0 Å². The average Bonchev–Trinajstić information content (AvgIpc) is 2.53. The van der Waals surface area contributed by atoms with Gasteiger partial charge in [0.05, 0.1) is 0 Å². The lowest BCUT2D eigenvalue weighted by molar-refractivity contribution is -0.0135. The maximum absolute atomic E-state index is 12.5. The first-order valence-electron chi connectivity index (χ1n) is 10.5. The first-order chi connectivity index (χ1) is 12.0. The van der Waals surface area contributed by atoms with Gasteiger partial charge in [-0.15, -0.1) is 0 Å². The molecule has 0 spiro atoms. The Hall–Kier alpha value is -0.810. The van der Waals surface area contributed by atoms with Crippen molar-refractivity contribution in [1.29, 1.82) is 0 Å². The molecule has 25 heavy (non-hydrogen) atoms. The zero-order valence-electron chi connectivity index (χ0n) is 15.9. The van der Waals surface area contributed by atoms with Gasteiger partial charge in [-0.25, -0.2) is 4.79 Å². The molecule has 0 aromatic rings. The summed E-state index contributed by atoms with van der Waals surface area (Å²) in [4.78, 5) is 12.5. The lowest BCUT2D eigenvalue weighted by Gasteiger charge is -2.56. The highest BCUT2D eigenvalue weighted by Crippen LogP contribution is 2.55. The van der Waals surface area contributed by atoms with E-state index in [4.69, 9.17) is 0 Å². The van der Waals surface area contributed by atoms with E-state index in [9.17, 15) is 4.79 Å². The van der Waals surface area contributed by atoms with Gasteiger partial charge in [-0.05, 0) is 68.6 Å². The average molecular weight is 349 g/mol. The van der Waals surface area contributed by atoms with Gasteiger partial charge >= 0.3 is 6.03 Å². The molecule has 5 fully saturated rings. The van der Waals surface area contributed by atoms with Crippen molar-refractivity contribution in [3.8, 4) is 0 Å². The van der Waals surface area contributed by atoms with Crippen molar-refractivity contribution in [2.24, 2.45) is 23.7 Å². The van der Waals surface area contributed by atoms with Crippen molar-refractivity contribution >= 4 is 6.03 Å². The van der Waals surface area contributed by atoms with E-state index in [0.717, 1.165) is 43.8 Å². The van der Waals surface area contributed by atoms with E-state index in [-0.39, 0.29) is 11.6 Å². The van der Waals surface area contributed by atoms with Crippen LogP contribution in [0.5, 0.6) is 0 Å². The van der Waals surface area contributed by atoms with Crippen molar-refractivity contribution in [3.05, 3.63) is 0 Å². The van der Waals surface area contributed by atoms with E-state index in [1.165, 1.54) is 38.5 Å². The monoisotopic (exact) mass is 348 g/mol. The van der Waals surface area contributed by atoms with E-state index in [1.54, 1.807) is 0 Å². The summed E-state index contributed by atoms with van der Waals surface area (Å²) in [5, 5.41) is 13.8. The second kappa shape index (κ2) is 7.07. The third-order valence-electron chi connectivity index (χ3n) is 7.25. The largest absolute Gasteiger partial charge is 0.338 e. The molecule has 0 aromatic heterocycles. The van der Waals surface area contributed by atoms with Crippen LogP contribution in [-0.4, -0.2) is 43.3 Å². The number of nitrogens with one attached hydrogen (secondary N) is 4. The van der Waals surface area contributed by atoms with Crippen LogP contribution in [0.15, 0.2) is 0 Å². The smallest absolute Gasteiger partial charge is 0.315 e. The number of piperazine rings is 1. The van der Waals surface area contributed by atoms with Gasteiger partial charge in [0.1, 0.15) is 0 Å². The highest BCUT2D eigenvalue weighted by molar-refractivity contribution is 5.74. The number of hydrogen-bond donors (Lipinski definition) is 4. The minimum Gasteiger partial charge on any atom is -0.338 e. The number of carbonyl (C=O) groups excluding carboxylic acids is 1. The fourth-order valence-electron chi connectivity index (χ4n) is 6.32. The molecule has 0 aromatic carbocycles. The third-order valence-corrected chi connectivity index (χ3v) is 7.25. The maximum Gasteiger partial charge on any atom is 0.315 e. The van der Waals surface area contributed by atoms with Crippen LogP contribution in [0.3, 0.4) is 0 Å². The Morgan fingerprint density at radius 1 is 1.04 bits per heavy atom. The quantitative estimate of drug-likeness (QED) is 0.616. The SMILES string of the molecule is CC(C)[C@H]1CN[C@@H](CCNC(=O)NC23CC4CC(CC(C4)C2)C3)CN1. The summed E-state index contributed by atoms with van der Waals surface area (Å²) in [5.41, 5.74) is 0.119. The summed E-state index contributed by atoms with van der Waals surface area (Å²) >= 11 is 0. The molecule has 0 unspecified atom stereocenters. The van der Waals surface area contributed by atoms with Crippen LogP contribution in [0, 0.1) is 23.7 Å². The van der Waals surface area contributed by atoms with Crippen molar-refractivity contribution < 1.29 is 4.79 Å². The number of hydrogen-bond acceptors (Lipinski definition) is 3. The number of amides is 2. The molecular formula is C20H36N4O. The zero-order chi connectivity index (χ0) is 17.4. The third kappa shape index (κ3) is 3.97. The van der Waals surface area contributed by atoms with E-state index in [1.807, 2.05) is 0 Å². The first kappa shape index (κ1) is 17.6. The molecule has 4 aliphatic carbocycles. The molecule has 5 heteroatoms. The van der Waals surface area contributed by atoms with Crippen LogP contribution < -0.4 is 21.3 Å². The number of rotatable bonds is 5. The summed E-state index contributed by atoms with van der Waals surface area (Å²) in [6, 6.07) is 1.10. The van der Waals surface area contributed by atoms with Crippen molar-refractivity contribution in [1.82, 2.24) is 21.3 Å². The topological polar surface area (TPSA) is 65.2 Å². The fourth-order valence-corrected chi connectivity index (χ4v) is 6.32. The molecule has 5 aliphatic rings. The lowest BCUT2D eigenvalue weighted by Crippen LogP contribution is -2.61. The van der Waals surface area contributed by atoms with Crippen LogP contribution >= 0.6 is 0 Å². The maximum atomic E-state index is 12.5. The fraction of sp³-hybridized carbons (Fsp3) is 0.950. The molecular weight excluding hydrogens is 312 g/mol. The first-order valence-corrected chi connectivity index (χ1v) is 10.5. The summed E-state index contributed by atoms with van der Waals surface area (Å²) in [7, 11) is 0. The van der Waals surface area contributed by atoms with Crippen LogP contribution in [-0.2, 0) is 0 Å². The second-order valence-corrected chi connectivity index (χ2v) is 9.73. The number of urea groups is 1. The Balaban J connectivity index is 1.18. The van der Waals surface area contributed by atoms with E-state index in [2.05, 4.69) is 35.1 Å². The Morgan fingerprint density at radius 3 is 2.20 bits per heavy atom. The van der Waals surface area contributed by atoms with Crippen molar-refractivity contribution in [3.63, 3.8) is 0 Å². The minimum atomic E-state index is 0.0609. The highest BCUT2D eigenvalue weighted by atomic mass is 16.2. The van der Waals surface area contributed by atoms with Gasteiger partial charge in [-0.2, -0.15) is 0 Å². The molecule has 1 saturated heterocycles. The molecule has 4 bridgehead atoms. The predicted octanol–water partition coefficient (Wildman–Crippen LogP) is 2.23. The van der Waals surface area contributed by atoms with Crippen LogP contribution in [0.1, 0.15) is 58.8 Å². The van der Waals surface area contributed by atoms with Gasteiger partial charge in [-0.1, -0.05) is 13.8 Å². The molecule has 2 amide bonds. The van der Waals surface area contributed by atoms with Crippen LogP contribution in [0.2, 0.25) is 0 Å². The minimum absolute atomic E-state index is 0.0609. The van der Waals surface area contributed by atoms with Gasteiger partial charge in [0.15, 0.2) is 0 Å². The summed E-state index contributed by atoms with van der Waals surface area (Å²) in [6.45, 7) is 7.30. The van der Waals surface area contributed by atoms with Gasteiger partial charge < -0.3 is 21.3 Å². The van der Waals surface area contributed by atoms with Crippen molar-refractivity contribution in [2.75, 3.05) is 19.6 Å². The molecule has 1 aliphatic heterocycles. The van der Waals surface area contributed by atoms with E-state index >= 15 is 0 Å². The van der Waals surface area contributed by atoms with Gasteiger partial charge in [0, 0.05) is 37.3 Å². The molecule has 5 rings (SSSR count). The Morgan fingerprint density at radius 2 is 1.68 bits per heavy atom. The molecule has 142 valence electrons. The molecule has 0 radical (unpaired) electrons. The summed E-state index contributed by atoms with van der Waals surface area (Å²) < 4.78 is 0. The molecule has 4 N–H and O–H groups in total. The molecule has 4 saturated carbocycles. The van der Waals surface area contributed by atoms with Crippen molar-refractivity contribution in [2.45, 2.75) is 76.4 Å². The lowest BCUT2D eigenvalue weighted by atomic mass is 9.53. The second-order valence-electron chi connectivity index (χ2n) is 9.73. The highest BCUT2D eigenvalue weighted by Gasteiger charge is 2.51. The number of carbonyl (C=O) groups is 1. The standard InChI is InChI=1S/C20H36N4O/c1-13(2)18-12-22-17(11-23-18)3-4-21-19(25)24-20-8-14-5-15(9-20)7-16(6-14)10-20/h13-18,22-23H,3-12H2,1-2H3,(H2,21,24,25)/t14?,15?,16?,17-,18+,20?/m0/s1. The Kier molecular flexibility index (Phi) is 4.98. The van der Waals surface area contributed by atoms with E-state index in [0.29, 0.717) is 18.0 Å². The van der Waals surface area contributed by atoms with Gasteiger partial charge in [0.25, 0.3) is 0 Å². The zero-order valence-corrected chi connectivity index (χ0v) is 15.9. The van der Waals surface area contributed by atoms with Crippen LogP contribution in [0.25, 0.3) is 0 Å². The normalized spacial score (nSPS) is 42.6. The Labute approximate surface area is 152 Å². The van der Waals surface area contributed by atoms with E-state index < -0.39 is 0 Å². The Bertz CT molecular complexity index is 449. The molecule has 2 atom stereocenters. The van der Waals surface area contributed by atoms with Gasteiger partial charge in [-0.3, -0.25) is 0 Å². The predicted molar refractivity (Wildman–Crippen MR) is 100 cm³/mol.